The van der Waals surface area contributed by atoms with Gasteiger partial charge in [-0.1, -0.05) is 0 Å². The summed E-state index contributed by atoms with van der Waals surface area (Å²) in [4.78, 5) is 4.04. The Morgan fingerprint density at radius 2 is 2.00 bits per heavy atom. The van der Waals surface area contributed by atoms with Crippen molar-refractivity contribution >= 4 is 11.5 Å². The molecular formula is C13H13N5. The van der Waals surface area contributed by atoms with Gasteiger partial charge >= 0.3 is 0 Å². The van der Waals surface area contributed by atoms with E-state index < -0.39 is 0 Å². The van der Waals surface area contributed by atoms with Crippen LogP contribution in [-0.2, 0) is 0 Å². The summed E-state index contributed by atoms with van der Waals surface area (Å²) in [5.74, 6) is 0.469. The Balaban J connectivity index is 2.45. The van der Waals surface area contributed by atoms with Gasteiger partial charge in [0.15, 0.2) is 5.82 Å². The lowest BCUT2D eigenvalue weighted by molar-refractivity contribution is 0.960. The number of aromatic nitrogens is 3. The Kier molecular flexibility index (Phi) is 3.20. The Morgan fingerprint density at radius 1 is 1.22 bits per heavy atom. The molecule has 0 amide bonds. The van der Waals surface area contributed by atoms with E-state index in [1.165, 1.54) is 0 Å². The monoisotopic (exact) mass is 239 g/mol. The first-order valence-electron chi connectivity index (χ1n) is 5.55. The molecule has 2 aromatic heterocycles. The molecule has 0 bridgehead atoms. The number of anilines is 2. The van der Waals surface area contributed by atoms with Crippen molar-refractivity contribution in [1.29, 1.82) is 5.26 Å². The first-order chi connectivity index (χ1) is 8.63. The maximum absolute atomic E-state index is 9.20. The molecule has 2 rings (SSSR count). The molecule has 18 heavy (non-hydrogen) atoms. The summed E-state index contributed by atoms with van der Waals surface area (Å²) in [6.07, 6.45) is 3.42. The molecule has 2 aromatic rings. The minimum absolute atomic E-state index is 0.469. The van der Waals surface area contributed by atoms with Gasteiger partial charge in [0.1, 0.15) is 11.6 Å². The van der Waals surface area contributed by atoms with Gasteiger partial charge in [-0.25, -0.2) is 0 Å². The quantitative estimate of drug-likeness (QED) is 0.871. The molecular weight excluding hydrogens is 226 g/mol. The third-order valence-electron chi connectivity index (χ3n) is 2.86. The highest BCUT2D eigenvalue weighted by molar-refractivity contribution is 5.65. The number of nitrogens with one attached hydrogen (secondary N) is 1. The van der Waals surface area contributed by atoms with Crippen molar-refractivity contribution in [1.82, 2.24) is 15.2 Å². The Labute approximate surface area is 106 Å². The molecule has 0 aliphatic heterocycles. The van der Waals surface area contributed by atoms with Gasteiger partial charge in [-0.15, -0.1) is 5.10 Å². The van der Waals surface area contributed by atoms with Gasteiger partial charge in [0.05, 0.1) is 17.6 Å². The van der Waals surface area contributed by atoms with Crippen LogP contribution in [0.5, 0.6) is 0 Å². The molecule has 0 spiro atoms. The number of aryl methyl sites for hydroxylation is 2. The molecule has 0 saturated carbocycles. The third kappa shape index (κ3) is 2.13. The van der Waals surface area contributed by atoms with Crippen LogP contribution >= 0.6 is 0 Å². The minimum Gasteiger partial charge on any atom is -0.336 e. The van der Waals surface area contributed by atoms with Crippen LogP contribution in [0.25, 0.3) is 0 Å². The zero-order valence-electron chi connectivity index (χ0n) is 10.5. The van der Waals surface area contributed by atoms with Crippen LogP contribution in [0, 0.1) is 32.1 Å². The molecule has 0 saturated heterocycles. The van der Waals surface area contributed by atoms with Crippen LogP contribution in [0.3, 0.4) is 0 Å². The van der Waals surface area contributed by atoms with Gasteiger partial charge < -0.3 is 5.32 Å². The summed E-state index contributed by atoms with van der Waals surface area (Å²) in [7, 11) is 0. The average molecular weight is 239 g/mol. The summed E-state index contributed by atoms with van der Waals surface area (Å²) in [6.45, 7) is 5.66. The first-order valence-corrected chi connectivity index (χ1v) is 5.55. The van der Waals surface area contributed by atoms with Gasteiger partial charge in [0.2, 0.25) is 0 Å². The SMILES string of the molecule is Cc1ccncc1Nc1nnc(C)c(C)c1C#N. The molecule has 0 atom stereocenters. The van der Waals surface area contributed by atoms with Crippen molar-refractivity contribution < 1.29 is 0 Å². The summed E-state index contributed by atoms with van der Waals surface area (Å²) >= 11 is 0. The smallest absolute Gasteiger partial charge is 0.171 e. The highest BCUT2D eigenvalue weighted by Gasteiger charge is 2.11. The fraction of sp³-hybridized carbons (Fsp3) is 0.231. The predicted octanol–water partition coefficient (Wildman–Crippen LogP) is 2.41. The average Bonchev–Trinajstić information content (AvgIpc) is 2.37. The van der Waals surface area contributed by atoms with Crippen LogP contribution in [0.15, 0.2) is 18.5 Å². The molecule has 5 nitrogen and oxygen atoms in total. The van der Waals surface area contributed by atoms with E-state index in [1.807, 2.05) is 26.8 Å². The van der Waals surface area contributed by atoms with E-state index in [4.69, 9.17) is 0 Å². The molecule has 0 fully saturated rings. The van der Waals surface area contributed by atoms with Crippen molar-refractivity contribution in [2.45, 2.75) is 20.8 Å². The maximum atomic E-state index is 9.20. The van der Waals surface area contributed by atoms with Crippen molar-refractivity contribution in [2.75, 3.05) is 5.32 Å². The number of nitrogens with zero attached hydrogens (tertiary/aromatic N) is 4. The van der Waals surface area contributed by atoms with Gasteiger partial charge in [0, 0.05) is 6.20 Å². The number of rotatable bonds is 2. The molecule has 0 radical (unpaired) electrons. The number of pyridine rings is 1. The number of nitriles is 1. The molecule has 2 heterocycles. The molecule has 0 unspecified atom stereocenters. The molecule has 0 aliphatic carbocycles. The van der Waals surface area contributed by atoms with E-state index in [1.54, 1.807) is 12.4 Å². The van der Waals surface area contributed by atoms with Crippen molar-refractivity contribution in [3.8, 4) is 6.07 Å². The fourth-order valence-electron chi connectivity index (χ4n) is 1.56. The lowest BCUT2D eigenvalue weighted by Crippen LogP contribution is -2.04. The van der Waals surface area contributed by atoms with E-state index in [2.05, 4.69) is 26.6 Å². The highest BCUT2D eigenvalue weighted by atomic mass is 15.2. The summed E-state index contributed by atoms with van der Waals surface area (Å²) < 4.78 is 0. The van der Waals surface area contributed by atoms with Gasteiger partial charge in [0.25, 0.3) is 0 Å². The summed E-state index contributed by atoms with van der Waals surface area (Å²) in [5.41, 5.74) is 3.99. The van der Waals surface area contributed by atoms with Gasteiger partial charge in [-0.2, -0.15) is 10.4 Å². The van der Waals surface area contributed by atoms with E-state index in [0.29, 0.717) is 11.4 Å². The summed E-state index contributed by atoms with van der Waals surface area (Å²) in [5, 5.41) is 20.4. The van der Waals surface area contributed by atoms with E-state index >= 15 is 0 Å². The van der Waals surface area contributed by atoms with E-state index in [0.717, 1.165) is 22.5 Å². The molecule has 1 N–H and O–H groups in total. The second-order valence-electron chi connectivity index (χ2n) is 4.06. The van der Waals surface area contributed by atoms with Crippen LogP contribution < -0.4 is 5.32 Å². The summed E-state index contributed by atoms with van der Waals surface area (Å²) in [6, 6.07) is 4.05. The van der Waals surface area contributed by atoms with E-state index in [9.17, 15) is 5.26 Å². The van der Waals surface area contributed by atoms with Crippen molar-refractivity contribution in [2.24, 2.45) is 0 Å². The predicted molar refractivity (Wildman–Crippen MR) is 68.5 cm³/mol. The highest BCUT2D eigenvalue weighted by Crippen LogP contribution is 2.22. The Bertz CT molecular complexity index is 628. The van der Waals surface area contributed by atoms with E-state index in [-0.39, 0.29) is 0 Å². The second kappa shape index (κ2) is 4.80. The van der Waals surface area contributed by atoms with Crippen LogP contribution in [0.2, 0.25) is 0 Å². The normalized spacial score (nSPS) is 9.89. The third-order valence-corrected chi connectivity index (χ3v) is 2.86. The number of hydrogen-bond donors (Lipinski definition) is 1. The molecule has 0 aliphatic rings. The Hall–Kier alpha value is -2.48. The molecule has 5 heteroatoms. The minimum atomic E-state index is 0.469. The lowest BCUT2D eigenvalue weighted by atomic mass is 10.1. The Morgan fingerprint density at radius 3 is 2.67 bits per heavy atom. The largest absolute Gasteiger partial charge is 0.336 e. The van der Waals surface area contributed by atoms with Gasteiger partial charge in [-0.05, 0) is 38.0 Å². The van der Waals surface area contributed by atoms with Crippen LogP contribution in [-0.4, -0.2) is 15.2 Å². The fourth-order valence-corrected chi connectivity index (χ4v) is 1.56. The topological polar surface area (TPSA) is 74.5 Å². The standard InChI is InChI=1S/C13H13N5/c1-8-4-5-15-7-12(8)16-13-11(6-14)9(2)10(3)17-18-13/h4-5,7H,1-3H3,(H,16,18). The van der Waals surface area contributed by atoms with Crippen molar-refractivity contribution in [3.05, 3.63) is 40.8 Å². The molecule has 0 aromatic carbocycles. The first kappa shape index (κ1) is 12.0. The maximum Gasteiger partial charge on any atom is 0.171 e. The zero-order valence-corrected chi connectivity index (χ0v) is 10.5. The van der Waals surface area contributed by atoms with Gasteiger partial charge in [-0.3, -0.25) is 4.98 Å². The van der Waals surface area contributed by atoms with Crippen molar-refractivity contribution in [3.63, 3.8) is 0 Å². The lowest BCUT2D eigenvalue weighted by Gasteiger charge is -2.10. The number of hydrogen-bond acceptors (Lipinski definition) is 5. The zero-order chi connectivity index (χ0) is 13.1. The van der Waals surface area contributed by atoms with Crippen LogP contribution in [0.1, 0.15) is 22.4 Å². The molecule has 90 valence electrons. The second-order valence-corrected chi connectivity index (χ2v) is 4.06. The van der Waals surface area contributed by atoms with Crippen LogP contribution in [0.4, 0.5) is 11.5 Å².